The molecule has 0 aliphatic carbocycles. The molecule has 1 N–H and O–H groups in total. The van der Waals surface area contributed by atoms with E-state index in [9.17, 15) is 4.79 Å². The number of rotatable bonds is 9. The smallest absolute Gasteiger partial charge is 0.252 e. The van der Waals surface area contributed by atoms with Crippen LogP contribution in [0.25, 0.3) is 22.2 Å². The van der Waals surface area contributed by atoms with Gasteiger partial charge in [-0.05, 0) is 30.5 Å². The van der Waals surface area contributed by atoms with Crippen LogP contribution in [0.5, 0.6) is 0 Å². The van der Waals surface area contributed by atoms with Crippen molar-refractivity contribution < 1.29 is 4.79 Å². The van der Waals surface area contributed by atoms with Gasteiger partial charge in [0.1, 0.15) is 0 Å². The van der Waals surface area contributed by atoms with Gasteiger partial charge in [0.2, 0.25) is 0 Å². The first-order valence-corrected chi connectivity index (χ1v) is 10.5. The Kier molecular flexibility index (Phi) is 7.18. The van der Waals surface area contributed by atoms with Crippen molar-refractivity contribution in [3.05, 3.63) is 65.7 Å². The van der Waals surface area contributed by atoms with Crippen LogP contribution in [0.1, 0.15) is 61.9 Å². The monoisotopic (exact) mass is 374 g/mol. The molecular formula is C25H30N2O. The average Bonchev–Trinajstić information content (AvgIpc) is 2.75. The Morgan fingerprint density at radius 1 is 0.929 bits per heavy atom. The quantitative estimate of drug-likeness (QED) is 0.455. The molecule has 0 aliphatic heterocycles. The third-order valence-electron chi connectivity index (χ3n) is 5.18. The zero-order valence-electron chi connectivity index (χ0n) is 17.0. The molecule has 1 aromatic heterocycles. The minimum atomic E-state index is -0.0134. The second-order valence-electron chi connectivity index (χ2n) is 7.29. The number of benzene rings is 2. The summed E-state index contributed by atoms with van der Waals surface area (Å²) in [5.41, 5.74) is 4.73. The Labute approximate surface area is 168 Å². The summed E-state index contributed by atoms with van der Waals surface area (Å²) < 4.78 is 0. The molecule has 3 nitrogen and oxygen atoms in total. The van der Waals surface area contributed by atoms with Gasteiger partial charge in [-0.2, -0.15) is 0 Å². The summed E-state index contributed by atoms with van der Waals surface area (Å²) in [4.78, 5) is 17.7. The molecule has 3 heteroatoms. The number of aryl methyl sites for hydroxylation is 1. The van der Waals surface area contributed by atoms with Crippen molar-refractivity contribution in [1.29, 1.82) is 0 Å². The summed E-state index contributed by atoms with van der Waals surface area (Å²) >= 11 is 0. The number of pyridine rings is 1. The predicted molar refractivity (Wildman–Crippen MR) is 118 cm³/mol. The fourth-order valence-electron chi connectivity index (χ4n) is 3.45. The number of nitrogens with zero attached hydrogens (tertiary/aromatic N) is 1. The summed E-state index contributed by atoms with van der Waals surface area (Å²) in [6.45, 7) is 5.08. The highest BCUT2D eigenvalue weighted by Crippen LogP contribution is 2.25. The topological polar surface area (TPSA) is 42.0 Å². The first kappa shape index (κ1) is 20.1. The standard InChI is InChI=1S/C25H30N2O/c1-3-5-6-7-10-17-26-25(28)22-18-24(20-15-13-19(4-2)14-16-20)27-23-12-9-8-11-21(22)23/h8-9,11-16,18H,3-7,10,17H2,1-2H3,(H,26,28). The fraction of sp³-hybridized carbons (Fsp3) is 0.360. The minimum Gasteiger partial charge on any atom is -0.352 e. The Morgan fingerprint density at radius 3 is 2.43 bits per heavy atom. The number of carbonyl (C=O) groups is 1. The third-order valence-corrected chi connectivity index (χ3v) is 5.18. The van der Waals surface area contributed by atoms with E-state index < -0.39 is 0 Å². The fourth-order valence-corrected chi connectivity index (χ4v) is 3.45. The molecule has 0 unspecified atom stereocenters. The van der Waals surface area contributed by atoms with E-state index in [0.29, 0.717) is 5.56 Å². The molecule has 146 valence electrons. The maximum atomic E-state index is 12.9. The molecule has 1 heterocycles. The molecule has 0 saturated heterocycles. The number of carbonyl (C=O) groups excluding carboxylic acids is 1. The predicted octanol–water partition coefficient (Wildman–Crippen LogP) is 6.16. The molecule has 0 spiro atoms. The van der Waals surface area contributed by atoms with Gasteiger partial charge in [-0.3, -0.25) is 4.79 Å². The van der Waals surface area contributed by atoms with E-state index in [1.165, 1.54) is 31.2 Å². The van der Waals surface area contributed by atoms with Crippen molar-refractivity contribution in [3.63, 3.8) is 0 Å². The van der Waals surface area contributed by atoms with E-state index in [1.54, 1.807) is 0 Å². The second kappa shape index (κ2) is 10.0. The van der Waals surface area contributed by atoms with Crippen LogP contribution in [0.3, 0.4) is 0 Å². The van der Waals surface area contributed by atoms with Gasteiger partial charge in [0, 0.05) is 17.5 Å². The molecule has 28 heavy (non-hydrogen) atoms. The summed E-state index contributed by atoms with van der Waals surface area (Å²) in [7, 11) is 0. The van der Waals surface area contributed by atoms with Crippen molar-refractivity contribution in [1.82, 2.24) is 10.3 Å². The number of aromatic nitrogens is 1. The van der Waals surface area contributed by atoms with E-state index in [2.05, 4.69) is 43.4 Å². The molecule has 0 atom stereocenters. The van der Waals surface area contributed by atoms with Crippen LogP contribution in [0.15, 0.2) is 54.6 Å². The third kappa shape index (κ3) is 4.98. The van der Waals surface area contributed by atoms with Crippen LogP contribution in [0, 0.1) is 0 Å². The average molecular weight is 375 g/mol. The lowest BCUT2D eigenvalue weighted by atomic mass is 10.0. The molecule has 1 amide bonds. The van der Waals surface area contributed by atoms with Gasteiger partial charge in [-0.15, -0.1) is 0 Å². The van der Waals surface area contributed by atoms with Crippen LogP contribution >= 0.6 is 0 Å². The first-order valence-electron chi connectivity index (χ1n) is 10.5. The second-order valence-corrected chi connectivity index (χ2v) is 7.29. The lowest BCUT2D eigenvalue weighted by molar-refractivity contribution is 0.0954. The zero-order chi connectivity index (χ0) is 19.8. The van der Waals surface area contributed by atoms with Crippen LogP contribution < -0.4 is 5.32 Å². The lowest BCUT2D eigenvalue weighted by Gasteiger charge is -2.11. The van der Waals surface area contributed by atoms with E-state index >= 15 is 0 Å². The molecular weight excluding hydrogens is 344 g/mol. The SMILES string of the molecule is CCCCCCCNC(=O)c1cc(-c2ccc(CC)cc2)nc2ccccc12. The number of hydrogen-bond acceptors (Lipinski definition) is 2. The van der Waals surface area contributed by atoms with E-state index in [4.69, 9.17) is 4.98 Å². The Balaban J connectivity index is 1.82. The van der Waals surface area contributed by atoms with Gasteiger partial charge in [0.25, 0.3) is 5.91 Å². The number of hydrogen-bond donors (Lipinski definition) is 1. The van der Waals surface area contributed by atoms with Crippen molar-refractivity contribution >= 4 is 16.8 Å². The summed E-state index contributed by atoms with van der Waals surface area (Å²) in [5.74, 6) is -0.0134. The lowest BCUT2D eigenvalue weighted by Crippen LogP contribution is -2.24. The van der Waals surface area contributed by atoms with Gasteiger partial charge in [0.15, 0.2) is 0 Å². The molecule has 2 aromatic carbocycles. The van der Waals surface area contributed by atoms with Crippen LogP contribution in [-0.2, 0) is 6.42 Å². The first-order chi connectivity index (χ1) is 13.7. The van der Waals surface area contributed by atoms with E-state index in [0.717, 1.165) is 41.5 Å². The number of nitrogens with one attached hydrogen (secondary N) is 1. The molecule has 0 saturated carbocycles. The molecule has 0 aliphatic rings. The normalized spacial score (nSPS) is 10.9. The highest BCUT2D eigenvalue weighted by Gasteiger charge is 2.13. The van der Waals surface area contributed by atoms with Crippen molar-refractivity contribution in [2.24, 2.45) is 0 Å². The highest BCUT2D eigenvalue weighted by atomic mass is 16.1. The maximum absolute atomic E-state index is 12.9. The van der Waals surface area contributed by atoms with E-state index in [-0.39, 0.29) is 5.91 Å². The molecule has 0 fully saturated rings. The van der Waals surface area contributed by atoms with E-state index in [1.807, 2.05) is 30.3 Å². The highest BCUT2D eigenvalue weighted by molar-refractivity contribution is 6.07. The molecule has 0 bridgehead atoms. The van der Waals surface area contributed by atoms with Crippen LogP contribution in [0.4, 0.5) is 0 Å². The van der Waals surface area contributed by atoms with Gasteiger partial charge >= 0.3 is 0 Å². The van der Waals surface area contributed by atoms with Gasteiger partial charge in [-0.25, -0.2) is 4.98 Å². The summed E-state index contributed by atoms with van der Waals surface area (Å²) in [6, 6.07) is 18.2. The number of para-hydroxylation sites is 1. The van der Waals surface area contributed by atoms with Gasteiger partial charge in [-0.1, -0.05) is 82.0 Å². The number of fused-ring (bicyclic) bond motifs is 1. The van der Waals surface area contributed by atoms with Crippen LogP contribution in [0.2, 0.25) is 0 Å². The summed E-state index contributed by atoms with van der Waals surface area (Å²) in [5, 5.41) is 4.00. The number of unbranched alkanes of at least 4 members (excludes halogenated alkanes) is 4. The Hall–Kier alpha value is -2.68. The van der Waals surface area contributed by atoms with Gasteiger partial charge in [0.05, 0.1) is 16.8 Å². The Bertz CT molecular complexity index is 915. The molecule has 3 rings (SSSR count). The van der Waals surface area contributed by atoms with Crippen LogP contribution in [-0.4, -0.2) is 17.4 Å². The summed E-state index contributed by atoms with van der Waals surface area (Å²) in [6.07, 6.45) is 6.95. The van der Waals surface area contributed by atoms with Crippen molar-refractivity contribution in [3.8, 4) is 11.3 Å². The Morgan fingerprint density at radius 2 is 1.68 bits per heavy atom. The van der Waals surface area contributed by atoms with Gasteiger partial charge < -0.3 is 5.32 Å². The zero-order valence-corrected chi connectivity index (χ0v) is 17.0. The molecule has 0 radical (unpaired) electrons. The van der Waals surface area contributed by atoms with Crippen molar-refractivity contribution in [2.75, 3.05) is 6.54 Å². The minimum absolute atomic E-state index is 0.0134. The largest absolute Gasteiger partial charge is 0.352 e. The number of amides is 1. The van der Waals surface area contributed by atoms with Crippen molar-refractivity contribution in [2.45, 2.75) is 52.4 Å². The maximum Gasteiger partial charge on any atom is 0.252 e. The molecule has 3 aromatic rings.